The lowest BCUT2D eigenvalue weighted by Crippen LogP contribution is -2.60. The van der Waals surface area contributed by atoms with E-state index < -0.39 is 42.2 Å². The van der Waals surface area contributed by atoms with Crippen LogP contribution in [0.1, 0.15) is 13.8 Å². The molecule has 0 aromatic rings. The van der Waals surface area contributed by atoms with Crippen molar-refractivity contribution >= 4 is 11.8 Å². The van der Waals surface area contributed by atoms with Crippen molar-refractivity contribution in [1.29, 1.82) is 0 Å². The van der Waals surface area contributed by atoms with Gasteiger partial charge in [-0.3, -0.25) is 0 Å². The van der Waals surface area contributed by atoms with E-state index in [2.05, 4.69) is 0 Å². The van der Waals surface area contributed by atoms with Gasteiger partial charge in [0.1, 0.15) is 29.3 Å². The van der Waals surface area contributed by atoms with Gasteiger partial charge in [0.2, 0.25) is 0 Å². The molecule has 7 heteroatoms. The summed E-state index contributed by atoms with van der Waals surface area (Å²) in [6, 6.07) is 0. The van der Waals surface area contributed by atoms with E-state index in [1.807, 2.05) is 6.26 Å². The fourth-order valence-corrected chi connectivity index (χ4v) is 1.80. The van der Waals surface area contributed by atoms with Gasteiger partial charge in [0.25, 0.3) is 0 Å². The first kappa shape index (κ1) is 15.2. The topological polar surface area (TPSA) is 99.4 Å². The van der Waals surface area contributed by atoms with Crippen LogP contribution >= 0.6 is 11.8 Å². The normalized spacial score (nSPS) is 39.4. The fourth-order valence-electron chi connectivity index (χ4n) is 1.59. The minimum absolute atomic E-state index is 0.407. The first-order valence-corrected chi connectivity index (χ1v) is 6.58. The summed E-state index contributed by atoms with van der Waals surface area (Å²) in [5.74, 6) is 0. The average molecular weight is 268 g/mol. The summed E-state index contributed by atoms with van der Waals surface area (Å²) in [6.07, 6.45) is -4.17. The molecule has 0 radical (unpaired) electrons. The van der Waals surface area contributed by atoms with Crippen molar-refractivity contribution in [2.24, 2.45) is 0 Å². The summed E-state index contributed by atoms with van der Waals surface area (Å²) < 4.78 is 10.6. The smallest absolute Gasteiger partial charge is 0.184 e. The molecule has 17 heavy (non-hydrogen) atoms. The van der Waals surface area contributed by atoms with Crippen LogP contribution in [0.15, 0.2) is 0 Å². The van der Waals surface area contributed by atoms with Crippen molar-refractivity contribution in [3.63, 3.8) is 0 Å². The number of rotatable bonds is 4. The van der Waals surface area contributed by atoms with Crippen molar-refractivity contribution in [2.45, 2.75) is 49.5 Å². The van der Waals surface area contributed by atoms with E-state index >= 15 is 0 Å². The first-order chi connectivity index (χ1) is 7.82. The molecule has 1 aliphatic heterocycles. The second-order valence-corrected chi connectivity index (χ2v) is 5.81. The van der Waals surface area contributed by atoms with Gasteiger partial charge >= 0.3 is 0 Å². The van der Waals surface area contributed by atoms with Crippen molar-refractivity contribution in [2.75, 3.05) is 12.9 Å². The van der Waals surface area contributed by atoms with Crippen LogP contribution in [0.5, 0.6) is 0 Å². The Morgan fingerprint density at radius 1 is 1.24 bits per heavy atom. The molecule has 0 saturated carbocycles. The van der Waals surface area contributed by atoms with Gasteiger partial charge in [-0.1, -0.05) is 0 Å². The predicted octanol–water partition coefficient (Wildman–Crippen LogP) is -1.10. The van der Waals surface area contributed by atoms with E-state index in [4.69, 9.17) is 14.6 Å². The van der Waals surface area contributed by atoms with Crippen LogP contribution in [-0.4, -0.2) is 68.9 Å². The van der Waals surface area contributed by atoms with Crippen molar-refractivity contribution in [3.05, 3.63) is 0 Å². The van der Waals surface area contributed by atoms with Gasteiger partial charge in [-0.05, 0) is 20.1 Å². The molecule has 1 saturated heterocycles. The van der Waals surface area contributed by atoms with Gasteiger partial charge in [0.15, 0.2) is 6.29 Å². The molecule has 4 N–H and O–H groups in total. The lowest BCUT2D eigenvalue weighted by molar-refractivity contribution is -0.300. The summed E-state index contributed by atoms with van der Waals surface area (Å²) in [6.45, 7) is 3.20. The molecule has 1 rings (SSSR count). The Hall–Kier alpha value is 0.110. The molecule has 1 fully saturated rings. The summed E-state index contributed by atoms with van der Waals surface area (Å²) in [4.78, 5) is -0.593. The third kappa shape index (κ3) is 3.54. The zero-order chi connectivity index (χ0) is 13.2. The molecule has 6 nitrogen and oxygen atoms in total. The van der Waals surface area contributed by atoms with Crippen LogP contribution in [0.25, 0.3) is 0 Å². The molecule has 5 atom stereocenters. The minimum Gasteiger partial charge on any atom is -0.394 e. The van der Waals surface area contributed by atoms with Gasteiger partial charge in [0.05, 0.1) is 6.61 Å². The van der Waals surface area contributed by atoms with E-state index in [0.717, 1.165) is 0 Å². The van der Waals surface area contributed by atoms with Crippen LogP contribution in [0.3, 0.4) is 0 Å². The molecule has 0 aromatic carbocycles. The highest BCUT2D eigenvalue weighted by atomic mass is 32.2. The summed E-state index contributed by atoms with van der Waals surface area (Å²) in [5, 5.41) is 37.8. The summed E-state index contributed by atoms with van der Waals surface area (Å²) >= 11 is 1.42. The summed E-state index contributed by atoms with van der Waals surface area (Å²) in [5.41, 5.74) is 0. The standard InChI is InChI=1S/C10H20O6S/c1-10(2,17-3)16-8-5(4-11)15-9(14)7(13)6(8)12/h5-9,11-14H,4H2,1-3H3. The number of aliphatic hydroxyl groups excluding tert-OH is 4. The molecule has 102 valence electrons. The Balaban J connectivity index is 2.78. The first-order valence-electron chi connectivity index (χ1n) is 5.36. The number of hydrogen-bond acceptors (Lipinski definition) is 7. The zero-order valence-corrected chi connectivity index (χ0v) is 10.9. The Labute approximate surface area is 105 Å². The summed E-state index contributed by atoms with van der Waals surface area (Å²) in [7, 11) is 0. The van der Waals surface area contributed by atoms with E-state index in [1.54, 1.807) is 13.8 Å². The largest absolute Gasteiger partial charge is 0.394 e. The Bertz CT molecular complexity index is 247. The molecule has 0 aliphatic carbocycles. The highest BCUT2D eigenvalue weighted by molar-refractivity contribution is 7.99. The molecule has 0 aromatic heterocycles. The molecule has 0 bridgehead atoms. The molecule has 5 unspecified atom stereocenters. The predicted molar refractivity (Wildman–Crippen MR) is 62.4 cm³/mol. The second kappa shape index (κ2) is 5.83. The van der Waals surface area contributed by atoms with Crippen LogP contribution in [-0.2, 0) is 9.47 Å². The number of hydrogen-bond donors (Lipinski definition) is 4. The molecule has 1 heterocycles. The van der Waals surface area contributed by atoms with Crippen molar-refractivity contribution in [3.8, 4) is 0 Å². The van der Waals surface area contributed by atoms with Gasteiger partial charge in [-0.2, -0.15) is 0 Å². The van der Waals surface area contributed by atoms with E-state index in [0.29, 0.717) is 0 Å². The Morgan fingerprint density at radius 2 is 1.82 bits per heavy atom. The van der Waals surface area contributed by atoms with E-state index in [-0.39, 0.29) is 0 Å². The van der Waals surface area contributed by atoms with E-state index in [9.17, 15) is 15.3 Å². The molecular formula is C10H20O6S. The lowest BCUT2D eigenvalue weighted by Gasteiger charge is -2.42. The van der Waals surface area contributed by atoms with Crippen LogP contribution in [0, 0.1) is 0 Å². The number of aliphatic hydroxyl groups is 4. The lowest BCUT2D eigenvalue weighted by atomic mass is 9.99. The quantitative estimate of drug-likeness (QED) is 0.480. The Morgan fingerprint density at radius 3 is 2.29 bits per heavy atom. The van der Waals surface area contributed by atoms with Crippen molar-refractivity contribution in [1.82, 2.24) is 0 Å². The van der Waals surface area contributed by atoms with Gasteiger partial charge < -0.3 is 29.9 Å². The van der Waals surface area contributed by atoms with Crippen molar-refractivity contribution < 1.29 is 29.9 Å². The highest BCUT2D eigenvalue weighted by Gasteiger charge is 2.46. The molecule has 1 aliphatic rings. The second-order valence-electron chi connectivity index (χ2n) is 4.42. The Kier molecular flexibility index (Phi) is 5.21. The van der Waals surface area contributed by atoms with Gasteiger partial charge in [0, 0.05) is 0 Å². The van der Waals surface area contributed by atoms with Crippen LogP contribution in [0.4, 0.5) is 0 Å². The number of thioether (sulfide) groups is 1. The van der Waals surface area contributed by atoms with Gasteiger partial charge in [-0.15, -0.1) is 11.8 Å². The molecule has 0 spiro atoms. The maximum Gasteiger partial charge on any atom is 0.184 e. The maximum atomic E-state index is 9.83. The molecular weight excluding hydrogens is 248 g/mol. The zero-order valence-electron chi connectivity index (χ0n) is 10.1. The monoisotopic (exact) mass is 268 g/mol. The third-order valence-electron chi connectivity index (χ3n) is 2.75. The fraction of sp³-hybridized carbons (Fsp3) is 1.00. The molecule has 0 amide bonds. The SMILES string of the molecule is CSC(C)(C)OC1C(CO)OC(O)C(O)C1O. The third-order valence-corrected chi connectivity index (χ3v) is 3.83. The average Bonchev–Trinajstić information content (AvgIpc) is 2.29. The minimum atomic E-state index is -1.51. The van der Waals surface area contributed by atoms with Crippen LogP contribution in [0.2, 0.25) is 0 Å². The maximum absolute atomic E-state index is 9.83. The van der Waals surface area contributed by atoms with Crippen LogP contribution < -0.4 is 0 Å². The highest BCUT2D eigenvalue weighted by Crippen LogP contribution is 2.30. The van der Waals surface area contributed by atoms with Gasteiger partial charge in [-0.25, -0.2) is 0 Å². The van der Waals surface area contributed by atoms with E-state index in [1.165, 1.54) is 11.8 Å². The number of ether oxygens (including phenoxy) is 2.